The van der Waals surface area contributed by atoms with Crippen LogP contribution in [0.2, 0.25) is 0 Å². The van der Waals surface area contributed by atoms with Crippen LogP contribution in [0.4, 0.5) is 0 Å². The SMILES string of the molecule is CC1COC(C)(C)CN1C#N. The van der Waals surface area contributed by atoms with Gasteiger partial charge in [-0.15, -0.1) is 0 Å². The van der Waals surface area contributed by atoms with E-state index < -0.39 is 0 Å². The maximum atomic E-state index is 8.71. The minimum atomic E-state index is -0.164. The number of ether oxygens (including phenoxy) is 1. The molecule has 1 aliphatic rings. The van der Waals surface area contributed by atoms with Gasteiger partial charge in [0.15, 0.2) is 6.19 Å². The van der Waals surface area contributed by atoms with Crippen LogP contribution in [-0.2, 0) is 4.74 Å². The van der Waals surface area contributed by atoms with E-state index in [2.05, 4.69) is 6.19 Å². The Bertz CT molecular complexity index is 183. The highest BCUT2D eigenvalue weighted by Gasteiger charge is 2.30. The van der Waals surface area contributed by atoms with Crippen LogP contribution in [0.5, 0.6) is 0 Å². The lowest BCUT2D eigenvalue weighted by Crippen LogP contribution is -2.50. The Morgan fingerprint density at radius 3 is 2.73 bits per heavy atom. The van der Waals surface area contributed by atoms with E-state index in [-0.39, 0.29) is 11.6 Å². The second-order valence-corrected chi connectivity index (χ2v) is 3.65. The molecule has 3 nitrogen and oxygen atoms in total. The largest absolute Gasteiger partial charge is 0.372 e. The Balaban J connectivity index is 2.60. The first kappa shape index (κ1) is 8.35. The molecule has 1 saturated heterocycles. The highest BCUT2D eigenvalue weighted by atomic mass is 16.5. The summed E-state index contributed by atoms with van der Waals surface area (Å²) in [5.74, 6) is 0. The van der Waals surface area contributed by atoms with Gasteiger partial charge in [0.05, 0.1) is 24.8 Å². The zero-order chi connectivity index (χ0) is 8.48. The van der Waals surface area contributed by atoms with Crippen molar-refractivity contribution >= 4 is 0 Å². The molecule has 0 N–H and O–H groups in total. The van der Waals surface area contributed by atoms with Gasteiger partial charge in [0.2, 0.25) is 0 Å². The number of rotatable bonds is 0. The highest BCUT2D eigenvalue weighted by molar-refractivity contribution is 4.90. The molecule has 62 valence electrons. The van der Waals surface area contributed by atoms with Crippen molar-refractivity contribution in [3.05, 3.63) is 0 Å². The van der Waals surface area contributed by atoms with E-state index in [9.17, 15) is 0 Å². The van der Waals surface area contributed by atoms with Crippen LogP contribution in [0.15, 0.2) is 0 Å². The Morgan fingerprint density at radius 2 is 2.27 bits per heavy atom. The normalized spacial score (nSPS) is 29.6. The molecule has 1 heterocycles. The lowest BCUT2D eigenvalue weighted by molar-refractivity contribution is -0.0932. The molecule has 1 fully saturated rings. The van der Waals surface area contributed by atoms with Crippen molar-refractivity contribution in [3.8, 4) is 6.19 Å². The van der Waals surface area contributed by atoms with Gasteiger partial charge in [0.1, 0.15) is 0 Å². The van der Waals surface area contributed by atoms with E-state index in [0.717, 1.165) is 0 Å². The molecule has 0 aromatic heterocycles. The van der Waals surface area contributed by atoms with Crippen molar-refractivity contribution in [1.29, 1.82) is 5.26 Å². The summed E-state index contributed by atoms with van der Waals surface area (Å²) >= 11 is 0. The molecule has 0 radical (unpaired) electrons. The first-order chi connectivity index (χ1) is 5.05. The van der Waals surface area contributed by atoms with Crippen LogP contribution in [0.3, 0.4) is 0 Å². The van der Waals surface area contributed by atoms with E-state index in [1.165, 1.54) is 0 Å². The molecular weight excluding hydrogens is 140 g/mol. The van der Waals surface area contributed by atoms with E-state index in [1.807, 2.05) is 20.8 Å². The second kappa shape index (κ2) is 2.71. The molecule has 1 atom stereocenters. The predicted octanol–water partition coefficient (Wildman–Crippen LogP) is 0.967. The third kappa shape index (κ3) is 1.84. The lowest BCUT2D eigenvalue weighted by Gasteiger charge is -2.39. The third-order valence-corrected chi connectivity index (χ3v) is 1.93. The molecule has 1 unspecified atom stereocenters. The fourth-order valence-electron chi connectivity index (χ4n) is 1.18. The number of nitrogens with zero attached hydrogens (tertiary/aromatic N) is 2. The van der Waals surface area contributed by atoms with Crippen molar-refractivity contribution in [3.63, 3.8) is 0 Å². The van der Waals surface area contributed by atoms with Crippen LogP contribution in [0, 0.1) is 11.5 Å². The number of hydrogen-bond acceptors (Lipinski definition) is 3. The van der Waals surface area contributed by atoms with Crippen molar-refractivity contribution in [1.82, 2.24) is 4.90 Å². The maximum absolute atomic E-state index is 8.71. The summed E-state index contributed by atoms with van der Waals surface area (Å²) in [5.41, 5.74) is -0.164. The summed E-state index contributed by atoms with van der Waals surface area (Å²) in [7, 11) is 0. The first-order valence-electron chi connectivity index (χ1n) is 3.85. The Morgan fingerprint density at radius 1 is 1.64 bits per heavy atom. The summed E-state index contributed by atoms with van der Waals surface area (Å²) in [5, 5.41) is 8.71. The molecule has 0 aromatic rings. The van der Waals surface area contributed by atoms with E-state index in [4.69, 9.17) is 10.00 Å². The third-order valence-electron chi connectivity index (χ3n) is 1.93. The molecule has 0 saturated carbocycles. The second-order valence-electron chi connectivity index (χ2n) is 3.65. The minimum absolute atomic E-state index is 0.164. The van der Waals surface area contributed by atoms with E-state index >= 15 is 0 Å². The maximum Gasteiger partial charge on any atom is 0.179 e. The molecule has 0 amide bonds. The van der Waals surface area contributed by atoms with Gasteiger partial charge in [-0.3, -0.25) is 0 Å². The highest BCUT2D eigenvalue weighted by Crippen LogP contribution is 2.19. The number of nitriles is 1. The van der Waals surface area contributed by atoms with Crippen LogP contribution >= 0.6 is 0 Å². The molecule has 0 bridgehead atoms. The van der Waals surface area contributed by atoms with Crippen molar-refractivity contribution < 1.29 is 4.74 Å². The zero-order valence-electron chi connectivity index (χ0n) is 7.29. The van der Waals surface area contributed by atoms with Gasteiger partial charge in [-0.2, -0.15) is 5.26 Å². The minimum Gasteiger partial charge on any atom is -0.372 e. The quantitative estimate of drug-likeness (QED) is 0.488. The smallest absolute Gasteiger partial charge is 0.179 e. The lowest BCUT2D eigenvalue weighted by atomic mass is 10.1. The summed E-state index contributed by atoms with van der Waals surface area (Å²) in [6.07, 6.45) is 2.16. The molecule has 0 aromatic carbocycles. The van der Waals surface area contributed by atoms with Gasteiger partial charge in [-0.05, 0) is 20.8 Å². The van der Waals surface area contributed by atoms with Gasteiger partial charge < -0.3 is 9.64 Å². The summed E-state index contributed by atoms with van der Waals surface area (Å²) in [6.45, 7) is 7.36. The molecule has 3 heteroatoms. The van der Waals surface area contributed by atoms with Gasteiger partial charge in [-0.1, -0.05) is 0 Å². The Kier molecular flexibility index (Phi) is 2.05. The molecule has 0 aliphatic carbocycles. The summed E-state index contributed by atoms with van der Waals surface area (Å²) < 4.78 is 5.52. The fourth-order valence-corrected chi connectivity index (χ4v) is 1.18. The molecule has 0 spiro atoms. The van der Waals surface area contributed by atoms with E-state index in [1.54, 1.807) is 4.90 Å². The standard InChI is InChI=1S/C8H14N2O/c1-7-4-11-8(2,3)5-10(7)6-9/h7H,4-5H2,1-3H3. The molecule has 11 heavy (non-hydrogen) atoms. The van der Waals surface area contributed by atoms with Gasteiger partial charge in [-0.25, -0.2) is 0 Å². The van der Waals surface area contributed by atoms with E-state index in [0.29, 0.717) is 13.2 Å². The summed E-state index contributed by atoms with van der Waals surface area (Å²) in [6, 6.07) is 0.230. The van der Waals surface area contributed by atoms with Crippen LogP contribution < -0.4 is 0 Å². The van der Waals surface area contributed by atoms with Gasteiger partial charge in [0.25, 0.3) is 0 Å². The zero-order valence-corrected chi connectivity index (χ0v) is 7.29. The average molecular weight is 154 g/mol. The number of morpholine rings is 1. The first-order valence-corrected chi connectivity index (χ1v) is 3.85. The predicted molar refractivity (Wildman–Crippen MR) is 41.8 cm³/mol. The number of hydrogen-bond donors (Lipinski definition) is 0. The van der Waals surface area contributed by atoms with Crippen LogP contribution in [-0.4, -0.2) is 29.7 Å². The Labute approximate surface area is 67.6 Å². The summed E-state index contributed by atoms with van der Waals surface area (Å²) in [4.78, 5) is 1.77. The molecular formula is C8H14N2O. The van der Waals surface area contributed by atoms with Gasteiger partial charge >= 0.3 is 0 Å². The topological polar surface area (TPSA) is 36.3 Å². The van der Waals surface area contributed by atoms with Crippen molar-refractivity contribution in [2.24, 2.45) is 0 Å². The molecule has 1 aliphatic heterocycles. The monoisotopic (exact) mass is 154 g/mol. The molecule has 1 rings (SSSR count). The fraction of sp³-hybridized carbons (Fsp3) is 0.875. The van der Waals surface area contributed by atoms with Crippen LogP contribution in [0.25, 0.3) is 0 Å². The van der Waals surface area contributed by atoms with Gasteiger partial charge in [0, 0.05) is 0 Å². The Hall–Kier alpha value is -0.750. The van der Waals surface area contributed by atoms with Crippen molar-refractivity contribution in [2.45, 2.75) is 32.4 Å². The average Bonchev–Trinajstić information content (AvgIpc) is 1.94. The van der Waals surface area contributed by atoms with Crippen molar-refractivity contribution in [2.75, 3.05) is 13.2 Å². The van der Waals surface area contributed by atoms with Crippen LogP contribution in [0.1, 0.15) is 20.8 Å².